The van der Waals surface area contributed by atoms with E-state index in [9.17, 15) is 0 Å². The molecule has 22 heavy (non-hydrogen) atoms. The van der Waals surface area contributed by atoms with E-state index in [0.29, 0.717) is 0 Å². The standard InChI is InChI=1S/C22H32/c1-7-10-18(8-2)22(5,6)19-13-11-17(12-14-19)15-21-16(4)20(21)9-3/h7-8,10-14,16,20-21H,9,15H2,1-6H3/b10-7-,18-8+. The Morgan fingerprint density at radius 3 is 2.18 bits per heavy atom. The molecule has 0 saturated heterocycles. The molecule has 1 fully saturated rings. The van der Waals surface area contributed by atoms with E-state index in [1.165, 1.54) is 29.5 Å². The van der Waals surface area contributed by atoms with Crippen LogP contribution in [0.5, 0.6) is 0 Å². The molecule has 0 amide bonds. The van der Waals surface area contributed by atoms with Crippen LogP contribution in [0.25, 0.3) is 0 Å². The van der Waals surface area contributed by atoms with Crippen molar-refractivity contribution in [3.63, 3.8) is 0 Å². The quantitative estimate of drug-likeness (QED) is 0.539. The molecule has 3 unspecified atom stereocenters. The first-order valence-corrected chi connectivity index (χ1v) is 8.84. The van der Waals surface area contributed by atoms with Gasteiger partial charge in [0, 0.05) is 5.41 Å². The Kier molecular flexibility index (Phi) is 5.32. The van der Waals surface area contributed by atoms with Gasteiger partial charge in [0.05, 0.1) is 0 Å². The van der Waals surface area contributed by atoms with Gasteiger partial charge in [-0.3, -0.25) is 0 Å². The van der Waals surface area contributed by atoms with Gasteiger partial charge < -0.3 is 0 Å². The van der Waals surface area contributed by atoms with Crippen LogP contribution in [0.15, 0.2) is 48.1 Å². The van der Waals surface area contributed by atoms with Crippen molar-refractivity contribution in [2.75, 3.05) is 0 Å². The topological polar surface area (TPSA) is 0 Å². The van der Waals surface area contributed by atoms with Crippen LogP contribution in [0.4, 0.5) is 0 Å². The van der Waals surface area contributed by atoms with Gasteiger partial charge in [-0.25, -0.2) is 0 Å². The monoisotopic (exact) mass is 296 g/mol. The van der Waals surface area contributed by atoms with Gasteiger partial charge in [0.15, 0.2) is 0 Å². The zero-order valence-electron chi connectivity index (χ0n) is 15.2. The second kappa shape index (κ2) is 6.86. The van der Waals surface area contributed by atoms with E-state index >= 15 is 0 Å². The molecule has 3 atom stereocenters. The number of benzene rings is 1. The Morgan fingerprint density at radius 2 is 1.73 bits per heavy atom. The molecule has 1 saturated carbocycles. The van der Waals surface area contributed by atoms with E-state index < -0.39 is 0 Å². The van der Waals surface area contributed by atoms with E-state index in [1.807, 2.05) is 0 Å². The van der Waals surface area contributed by atoms with Gasteiger partial charge in [0.2, 0.25) is 0 Å². The van der Waals surface area contributed by atoms with E-state index in [-0.39, 0.29) is 5.41 Å². The highest BCUT2D eigenvalue weighted by Gasteiger charge is 2.44. The van der Waals surface area contributed by atoms with Crippen molar-refractivity contribution >= 4 is 0 Å². The molecule has 0 heteroatoms. The van der Waals surface area contributed by atoms with Gasteiger partial charge in [-0.15, -0.1) is 0 Å². The first kappa shape index (κ1) is 17.1. The molecule has 0 heterocycles. The summed E-state index contributed by atoms with van der Waals surface area (Å²) in [7, 11) is 0. The zero-order chi connectivity index (χ0) is 16.3. The normalized spacial score (nSPS) is 25.7. The summed E-state index contributed by atoms with van der Waals surface area (Å²) in [6.45, 7) is 13.6. The molecule has 1 aromatic rings. The molecule has 120 valence electrons. The summed E-state index contributed by atoms with van der Waals surface area (Å²) in [6.07, 6.45) is 9.18. The van der Waals surface area contributed by atoms with Crippen LogP contribution in [0.2, 0.25) is 0 Å². The third-order valence-electron chi connectivity index (χ3n) is 5.76. The number of hydrogen-bond donors (Lipinski definition) is 0. The maximum atomic E-state index is 2.41. The van der Waals surface area contributed by atoms with Crippen molar-refractivity contribution in [2.24, 2.45) is 17.8 Å². The largest absolute Gasteiger partial charge is 0.0874 e. The fourth-order valence-electron chi connectivity index (χ4n) is 3.99. The summed E-state index contributed by atoms with van der Waals surface area (Å²) in [5.41, 5.74) is 4.35. The van der Waals surface area contributed by atoms with Gasteiger partial charge in [-0.05, 0) is 54.7 Å². The average molecular weight is 296 g/mol. The van der Waals surface area contributed by atoms with Crippen LogP contribution >= 0.6 is 0 Å². The summed E-state index contributed by atoms with van der Waals surface area (Å²) in [4.78, 5) is 0. The minimum atomic E-state index is 0.0681. The fourth-order valence-corrected chi connectivity index (χ4v) is 3.99. The van der Waals surface area contributed by atoms with Crippen molar-refractivity contribution < 1.29 is 0 Å². The Labute approximate surface area is 137 Å². The maximum Gasteiger partial charge on any atom is 0.0143 e. The minimum absolute atomic E-state index is 0.0681. The van der Waals surface area contributed by atoms with Crippen LogP contribution in [-0.2, 0) is 11.8 Å². The van der Waals surface area contributed by atoms with Gasteiger partial charge in [-0.2, -0.15) is 0 Å². The number of hydrogen-bond acceptors (Lipinski definition) is 0. The lowest BCUT2D eigenvalue weighted by atomic mass is 9.77. The molecule has 0 nitrogen and oxygen atoms in total. The van der Waals surface area contributed by atoms with E-state index in [0.717, 1.165) is 17.8 Å². The van der Waals surface area contributed by atoms with Crippen molar-refractivity contribution in [3.8, 4) is 0 Å². The van der Waals surface area contributed by atoms with Crippen LogP contribution in [0.3, 0.4) is 0 Å². The van der Waals surface area contributed by atoms with Crippen LogP contribution in [0, 0.1) is 17.8 Å². The summed E-state index contributed by atoms with van der Waals surface area (Å²) in [6, 6.07) is 9.35. The molecule has 0 N–H and O–H groups in total. The van der Waals surface area contributed by atoms with E-state index in [1.54, 1.807) is 0 Å². The van der Waals surface area contributed by atoms with Crippen molar-refractivity contribution in [2.45, 2.75) is 59.8 Å². The van der Waals surface area contributed by atoms with E-state index in [4.69, 9.17) is 0 Å². The summed E-state index contributed by atoms with van der Waals surface area (Å²) in [5, 5.41) is 0. The molecule has 0 radical (unpaired) electrons. The lowest BCUT2D eigenvalue weighted by Gasteiger charge is -2.27. The lowest BCUT2D eigenvalue weighted by molar-refractivity contribution is 0.636. The summed E-state index contributed by atoms with van der Waals surface area (Å²) >= 11 is 0. The summed E-state index contributed by atoms with van der Waals surface area (Å²) < 4.78 is 0. The van der Waals surface area contributed by atoms with Crippen LogP contribution in [-0.4, -0.2) is 0 Å². The Balaban J connectivity index is 2.11. The highest BCUT2D eigenvalue weighted by Crippen LogP contribution is 2.49. The van der Waals surface area contributed by atoms with Crippen LogP contribution in [0.1, 0.15) is 59.1 Å². The molecule has 0 spiro atoms. The molecular formula is C22H32. The molecule has 0 bridgehead atoms. The van der Waals surface area contributed by atoms with Gasteiger partial charge in [0.1, 0.15) is 0 Å². The summed E-state index contributed by atoms with van der Waals surface area (Å²) in [5.74, 6) is 2.80. The smallest absolute Gasteiger partial charge is 0.0143 e. The molecular weight excluding hydrogens is 264 g/mol. The van der Waals surface area contributed by atoms with Crippen molar-refractivity contribution in [1.29, 1.82) is 0 Å². The van der Waals surface area contributed by atoms with Gasteiger partial charge in [-0.1, -0.05) is 76.6 Å². The van der Waals surface area contributed by atoms with Crippen molar-refractivity contribution in [3.05, 3.63) is 59.2 Å². The zero-order valence-corrected chi connectivity index (χ0v) is 15.2. The molecule has 0 aromatic heterocycles. The first-order valence-electron chi connectivity index (χ1n) is 8.84. The van der Waals surface area contributed by atoms with Gasteiger partial charge in [0.25, 0.3) is 0 Å². The second-order valence-electron chi connectivity index (χ2n) is 7.37. The molecule has 1 aromatic carbocycles. The molecule has 0 aliphatic heterocycles. The molecule has 2 rings (SSSR count). The third kappa shape index (κ3) is 3.37. The lowest BCUT2D eigenvalue weighted by Crippen LogP contribution is -2.19. The Bertz CT molecular complexity index is 542. The molecule has 1 aliphatic rings. The van der Waals surface area contributed by atoms with E-state index in [2.05, 4.69) is 84.0 Å². The first-order chi connectivity index (χ1) is 10.5. The maximum absolute atomic E-state index is 2.41. The minimum Gasteiger partial charge on any atom is -0.0874 e. The number of allylic oxidation sites excluding steroid dienone is 4. The molecule has 1 aliphatic carbocycles. The van der Waals surface area contributed by atoms with Crippen molar-refractivity contribution in [1.82, 2.24) is 0 Å². The fraction of sp³-hybridized carbons (Fsp3) is 0.545. The Morgan fingerprint density at radius 1 is 1.09 bits per heavy atom. The second-order valence-corrected chi connectivity index (χ2v) is 7.37. The predicted molar refractivity (Wildman–Crippen MR) is 98.2 cm³/mol. The SMILES string of the molecule is C/C=C\C(=C/C)C(C)(C)c1ccc(CC2C(C)C2CC)cc1. The third-order valence-corrected chi connectivity index (χ3v) is 5.76. The van der Waals surface area contributed by atoms with Gasteiger partial charge >= 0.3 is 0 Å². The average Bonchev–Trinajstić information content (AvgIpc) is 3.13. The van der Waals surface area contributed by atoms with Crippen LogP contribution < -0.4 is 0 Å². The highest BCUT2D eigenvalue weighted by atomic mass is 14.5. The predicted octanol–water partition coefficient (Wildman–Crippen LogP) is 6.32. The number of rotatable bonds is 6. The Hall–Kier alpha value is -1.30. The highest BCUT2D eigenvalue weighted by molar-refractivity contribution is 5.40.